The average Bonchev–Trinajstić information content (AvgIpc) is 3.19. The second-order valence-corrected chi connectivity index (χ2v) is 5.31. The molecule has 3 aromatic heterocycles. The molecule has 4 rings (SSSR count). The summed E-state index contributed by atoms with van der Waals surface area (Å²) in [6.45, 7) is 2.20. The van der Waals surface area contributed by atoms with E-state index in [0.29, 0.717) is 22.6 Å². The fourth-order valence-corrected chi connectivity index (χ4v) is 2.43. The van der Waals surface area contributed by atoms with E-state index >= 15 is 0 Å². The molecule has 1 N–H and O–H groups in total. The van der Waals surface area contributed by atoms with E-state index in [1.807, 2.05) is 31.2 Å². The lowest BCUT2D eigenvalue weighted by molar-refractivity contribution is 0.296. The Bertz CT molecular complexity index is 1060. The van der Waals surface area contributed by atoms with E-state index in [4.69, 9.17) is 4.74 Å². The van der Waals surface area contributed by atoms with Gasteiger partial charge < -0.3 is 9.72 Å². The van der Waals surface area contributed by atoms with Crippen molar-refractivity contribution in [2.75, 3.05) is 0 Å². The van der Waals surface area contributed by atoms with E-state index in [1.165, 1.54) is 15.4 Å². The number of fused-ring (bicyclic) bond motifs is 3. The van der Waals surface area contributed by atoms with E-state index in [1.54, 1.807) is 7.05 Å². The van der Waals surface area contributed by atoms with Gasteiger partial charge in [0.25, 0.3) is 0 Å². The van der Waals surface area contributed by atoms with Gasteiger partial charge in [-0.2, -0.15) is 4.52 Å². The van der Waals surface area contributed by atoms with Gasteiger partial charge in [0.05, 0.1) is 6.33 Å². The summed E-state index contributed by atoms with van der Waals surface area (Å²) in [5.41, 5.74) is 2.52. The molecule has 116 valence electrons. The van der Waals surface area contributed by atoms with Crippen LogP contribution < -0.4 is 10.4 Å². The largest absolute Gasteiger partial charge is 0.486 e. The van der Waals surface area contributed by atoms with Crippen molar-refractivity contribution in [2.45, 2.75) is 13.5 Å². The number of hydrogen-bond acceptors (Lipinski definition) is 5. The normalized spacial score (nSPS) is 11.4. The van der Waals surface area contributed by atoms with Crippen molar-refractivity contribution < 1.29 is 4.74 Å². The molecule has 23 heavy (non-hydrogen) atoms. The molecule has 0 spiro atoms. The second kappa shape index (κ2) is 4.94. The second-order valence-electron chi connectivity index (χ2n) is 5.31. The van der Waals surface area contributed by atoms with Crippen LogP contribution in [0.5, 0.6) is 5.75 Å². The minimum absolute atomic E-state index is 0.184. The molecule has 0 saturated carbocycles. The summed E-state index contributed by atoms with van der Waals surface area (Å²) in [5, 5.41) is 4.23. The van der Waals surface area contributed by atoms with Crippen molar-refractivity contribution in [1.82, 2.24) is 29.1 Å². The van der Waals surface area contributed by atoms with Crippen LogP contribution in [0.2, 0.25) is 0 Å². The van der Waals surface area contributed by atoms with Gasteiger partial charge in [-0.25, -0.2) is 14.8 Å². The summed E-state index contributed by atoms with van der Waals surface area (Å²) in [6.07, 6.45) is 1.53. The Morgan fingerprint density at radius 2 is 2.00 bits per heavy atom. The number of imidazole rings is 1. The molecule has 0 aliphatic rings. The van der Waals surface area contributed by atoms with Gasteiger partial charge in [0.2, 0.25) is 0 Å². The predicted octanol–water partition coefficient (Wildman–Crippen LogP) is 1.19. The molecule has 8 heteroatoms. The molecule has 0 amide bonds. The summed E-state index contributed by atoms with van der Waals surface area (Å²) in [7, 11) is 1.65. The zero-order valence-electron chi connectivity index (χ0n) is 12.6. The van der Waals surface area contributed by atoms with E-state index in [0.717, 1.165) is 11.3 Å². The number of nitrogens with one attached hydrogen (secondary N) is 1. The average molecular weight is 310 g/mol. The summed E-state index contributed by atoms with van der Waals surface area (Å²) in [6, 6.07) is 7.71. The predicted molar refractivity (Wildman–Crippen MR) is 83.4 cm³/mol. The van der Waals surface area contributed by atoms with E-state index < -0.39 is 0 Å². The van der Waals surface area contributed by atoms with Gasteiger partial charge in [0, 0.05) is 7.05 Å². The summed E-state index contributed by atoms with van der Waals surface area (Å²) in [5.74, 6) is 1.17. The summed E-state index contributed by atoms with van der Waals surface area (Å²) in [4.78, 5) is 23.8. The van der Waals surface area contributed by atoms with Crippen molar-refractivity contribution in [3.05, 3.63) is 52.5 Å². The van der Waals surface area contributed by atoms with E-state index in [2.05, 4.69) is 20.1 Å². The van der Waals surface area contributed by atoms with Crippen molar-refractivity contribution in [1.29, 1.82) is 0 Å². The molecule has 0 fully saturated rings. The van der Waals surface area contributed by atoms with Gasteiger partial charge >= 0.3 is 5.69 Å². The maximum Gasteiger partial charge on any atom is 0.352 e. The van der Waals surface area contributed by atoms with Crippen LogP contribution in [0.1, 0.15) is 11.4 Å². The quantitative estimate of drug-likeness (QED) is 0.614. The van der Waals surface area contributed by atoms with Crippen LogP contribution in [0.4, 0.5) is 0 Å². The molecule has 3 heterocycles. The lowest BCUT2D eigenvalue weighted by atomic mass is 10.2. The van der Waals surface area contributed by atoms with E-state index in [-0.39, 0.29) is 12.3 Å². The highest BCUT2D eigenvalue weighted by atomic mass is 16.5. The Kier molecular flexibility index (Phi) is 2.90. The number of aromatic nitrogens is 6. The Morgan fingerprint density at radius 1 is 1.22 bits per heavy atom. The van der Waals surface area contributed by atoms with Crippen molar-refractivity contribution >= 4 is 16.8 Å². The van der Waals surface area contributed by atoms with Gasteiger partial charge in [-0.05, 0) is 19.1 Å². The first kappa shape index (κ1) is 13.5. The minimum atomic E-state index is -0.298. The molecule has 0 unspecified atom stereocenters. The molecule has 0 saturated heterocycles. The number of nitrogens with zero attached hydrogens (tertiary/aromatic N) is 5. The molecule has 0 bridgehead atoms. The molecule has 0 atom stereocenters. The van der Waals surface area contributed by atoms with Crippen LogP contribution in [0.15, 0.2) is 35.4 Å². The van der Waals surface area contributed by atoms with Gasteiger partial charge in [-0.15, -0.1) is 5.10 Å². The third-order valence-corrected chi connectivity index (χ3v) is 3.67. The number of aryl methyl sites for hydroxylation is 2. The number of hydrogen-bond donors (Lipinski definition) is 1. The highest BCUT2D eigenvalue weighted by Crippen LogP contribution is 2.15. The molecule has 1 aromatic carbocycles. The van der Waals surface area contributed by atoms with Crippen LogP contribution in [0.25, 0.3) is 16.8 Å². The number of aromatic amines is 1. The fourth-order valence-electron chi connectivity index (χ4n) is 2.43. The number of benzene rings is 1. The molecular weight excluding hydrogens is 296 g/mol. The minimum Gasteiger partial charge on any atom is -0.486 e. The van der Waals surface area contributed by atoms with Crippen molar-refractivity contribution in [3.8, 4) is 5.75 Å². The first-order valence-corrected chi connectivity index (χ1v) is 7.10. The Morgan fingerprint density at radius 3 is 2.78 bits per heavy atom. The van der Waals surface area contributed by atoms with Crippen LogP contribution in [-0.2, 0) is 13.7 Å². The van der Waals surface area contributed by atoms with Crippen molar-refractivity contribution in [2.24, 2.45) is 7.05 Å². The van der Waals surface area contributed by atoms with Crippen LogP contribution in [0, 0.1) is 6.92 Å². The number of rotatable bonds is 3. The van der Waals surface area contributed by atoms with Crippen LogP contribution in [-0.4, -0.2) is 29.1 Å². The van der Waals surface area contributed by atoms with Gasteiger partial charge in [0.15, 0.2) is 17.1 Å². The molecular formula is C15H14N6O2. The number of ether oxygens (including phenoxy) is 1. The van der Waals surface area contributed by atoms with Crippen molar-refractivity contribution in [3.63, 3.8) is 0 Å². The molecule has 8 nitrogen and oxygen atoms in total. The smallest absolute Gasteiger partial charge is 0.352 e. The van der Waals surface area contributed by atoms with Crippen LogP contribution >= 0.6 is 0 Å². The zero-order chi connectivity index (χ0) is 16.0. The highest BCUT2D eigenvalue weighted by Gasteiger charge is 2.15. The third kappa shape index (κ3) is 2.15. The molecule has 0 aliphatic heterocycles. The monoisotopic (exact) mass is 310 g/mol. The third-order valence-electron chi connectivity index (χ3n) is 3.67. The Balaban J connectivity index is 1.73. The SMILES string of the molecule is Cc1ccc(OCc2nc3c4[nH]cnc4n(C)c(=O)n3n2)cc1. The van der Waals surface area contributed by atoms with Crippen LogP contribution in [0.3, 0.4) is 0 Å². The lowest BCUT2D eigenvalue weighted by Crippen LogP contribution is -2.25. The molecule has 0 radical (unpaired) electrons. The Labute approximate surface area is 130 Å². The number of H-pyrrole nitrogens is 1. The maximum atomic E-state index is 12.3. The van der Waals surface area contributed by atoms with Gasteiger partial charge in [0.1, 0.15) is 17.9 Å². The molecule has 4 aromatic rings. The van der Waals surface area contributed by atoms with Gasteiger partial charge in [-0.3, -0.25) is 4.57 Å². The maximum absolute atomic E-state index is 12.3. The lowest BCUT2D eigenvalue weighted by Gasteiger charge is -2.02. The summed E-state index contributed by atoms with van der Waals surface area (Å²) >= 11 is 0. The molecule has 0 aliphatic carbocycles. The van der Waals surface area contributed by atoms with E-state index in [9.17, 15) is 4.79 Å². The highest BCUT2D eigenvalue weighted by molar-refractivity contribution is 5.84. The Hall–Kier alpha value is -3.16. The first-order valence-electron chi connectivity index (χ1n) is 7.10. The fraction of sp³-hybridized carbons (Fsp3) is 0.200. The standard InChI is InChI=1S/C15H14N6O2/c1-9-3-5-10(6-4-9)23-7-11-18-14-12-13(17-8-16-12)20(2)15(22)21(14)19-11/h3-6,8H,7H2,1-2H3,(H,16,17). The topological polar surface area (TPSA) is 90.1 Å². The van der Waals surface area contributed by atoms with Gasteiger partial charge in [-0.1, -0.05) is 17.7 Å². The summed E-state index contributed by atoms with van der Waals surface area (Å²) < 4.78 is 8.35. The first-order chi connectivity index (χ1) is 11.1. The zero-order valence-corrected chi connectivity index (χ0v) is 12.6.